The molecule has 1 aliphatic heterocycles. The maximum absolute atomic E-state index is 11.7. The summed E-state index contributed by atoms with van der Waals surface area (Å²) in [6.45, 7) is 4.98. The van der Waals surface area contributed by atoms with Crippen molar-refractivity contribution >= 4 is 28.9 Å². The lowest BCUT2D eigenvalue weighted by Gasteiger charge is -2.30. The van der Waals surface area contributed by atoms with Crippen LogP contribution in [0, 0.1) is 6.92 Å². The van der Waals surface area contributed by atoms with Crippen molar-refractivity contribution in [1.29, 1.82) is 0 Å². The Morgan fingerprint density at radius 1 is 1.53 bits per heavy atom. The van der Waals surface area contributed by atoms with Gasteiger partial charge in [0.05, 0.1) is 17.9 Å². The van der Waals surface area contributed by atoms with Crippen LogP contribution in [-0.4, -0.2) is 19.0 Å². The summed E-state index contributed by atoms with van der Waals surface area (Å²) in [5.74, 6) is 0.107. The minimum absolute atomic E-state index is 0.107. The third kappa shape index (κ3) is 1.67. The average Bonchev–Trinajstić information content (AvgIpc) is 2.18. The standard InChI is InChI=1S/C11H13ClN2O/c1-3-14-10(15)6-13-9-5-8(12)4-7(2)11(9)14/h4-5,13H,3,6H2,1-2H3. The first kappa shape index (κ1) is 10.3. The molecule has 3 nitrogen and oxygen atoms in total. The molecule has 0 spiro atoms. The lowest BCUT2D eigenvalue weighted by molar-refractivity contribution is -0.117. The van der Waals surface area contributed by atoms with Gasteiger partial charge in [0.15, 0.2) is 0 Å². The van der Waals surface area contributed by atoms with Gasteiger partial charge in [-0.2, -0.15) is 0 Å². The van der Waals surface area contributed by atoms with E-state index in [0.717, 1.165) is 16.9 Å². The molecule has 1 aromatic rings. The highest BCUT2D eigenvalue weighted by molar-refractivity contribution is 6.31. The lowest BCUT2D eigenvalue weighted by Crippen LogP contribution is -2.40. The first-order valence-corrected chi connectivity index (χ1v) is 5.35. The van der Waals surface area contributed by atoms with Crippen molar-refractivity contribution in [3.63, 3.8) is 0 Å². The summed E-state index contributed by atoms with van der Waals surface area (Å²) >= 11 is 5.97. The minimum Gasteiger partial charge on any atom is -0.374 e. The Labute approximate surface area is 94.0 Å². The lowest BCUT2D eigenvalue weighted by atomic mass is 10.1. The molecule has 2 rings (SSSR count). The monoisotopic (exact) mass is 224 g/mol. The van der Waals surface area contributed by atoms with E-state index in [9.17, 15) is 4.79 Å². The fourth-order valence-corrected chi connectivity index (χ4v) is 2.23. The molecule has 0 saturated carbocycles. The number of amides is 1. The number of carbonyl (C=O) groups excluding carboxylic acids is 1. The molecule has 1 aromatic carbocycles. The van der Waals surface area contributed by atoms with Crippen LogP contribution < -0.4 is 10.2 Å². The first-order chi connectivity index (χ1) is 7.13. The van der Waals surface area contributed by atoms with Crippen molar-refractivity contribution in [2.24, 2.45) is 0 Å². The molecule has 15 heavy (non-hydrogen) atoms. The number of anilines is 2. The molecule has 0 bridgehead atoms. The van der Waals surface area contributed by atoms with Gasteiger partial charge in [-0.15, -0.1) is 0 Å². The topological polar surface area (TPSA) is 32.3 Å². The molecule has 0 fully saturated rings. The van der Waals surface area contributed by atoms with Crippen LogP contribution in [0.2, 0.25) is 5.02 Å². The predicted octanol–water partition coefficient (Wildman–Crippen LogP) is 2.43. The van der Waals surface area contributed by atoms with Gasteiger partial charge in [-0.3, -0.25) is 4.79 Å². The van der Waals surface area contributed by atoms with Crippen molar-refractivity contribution in [2.45, 2.75) is 13.8 Å². The second-order valence-electron chi connectivity index (χ2n) is 3.61. The maximum Gasteiger partial charge on any atom is 0.246 e. The molecule has 1 N–H and O–H groups in total. The molecule has 0 unspecified atom stereocenters. The van der Waals surface area contributed by atoms with Crippen molar-refractivity contribution in [3.05, 3.63) is 22.7 Å². The smallest absolute Gasteiger partial charge is 0.246 e. The zero-order valence-corrected chi connectivity index (χ0v) is 9.56. The number of hydrogen-bond donors (Lipinski definition) is 1. The Kier molecular flexibility index (Phi) is 2.57. The number of carbonyl (C=O) groups is 1. The van der Waals surface area contributed by atoms with E-state index in [1.54, 1.807) is 4.90 Å². The summed E-state index contributed by atoms with van der Waals surface area (Å²) < 4.78 is 0. The summed E-state index contributed by atoms with van der Waals surface area (Å²) in [6.07, 6.45) is 0. The van der Waals surface area contributed by atoms with E-state index in [-0.39, 0.29) is 5.91 Å². The zero-order valence-electron chi connectivity index (χ0n) is 8.80. The molecule has 0 aliphatic carbocycles. The fourth-order valence-electron chi connectivity index (χ4n) is 1.95. The van der Waals surface area contributed by atoms with E-state index >= 15 is 0 Å². The second-order valence-corrected chi connectivity index (χ2v) is 4.05. The van der Waals surface area contributed by atoms with E-state index < -0.39 is 0 Å². The van der Waals surface area contributed by atoms with E-state index in [1.807, 2.05) is 26.0 Å². The van der Waals surface area contributed by atoms with Crippen LogP contribution in [0.25, 0.3) is 0 Å². The highest BCUT2D eigenvalue weighted by Crippen LogP contribution is 2.35. The Hall–Kier alpha value is -1.22. The van der Waals surface area contributed by atoms with Crippen LogP contribution in [0.4, 0.5) is 11.4 Å². The number of likely N-dealkylation sites (N-methyl/N-ethyl adjacent to an activating group) is 1. The van der Waals surface area contributed by atoms with Gasteiger partial charge in [0.1, 0.15) is 0 Å². The van der Waals surface area contributed by atoms with Gasteiger partial charge in [0, 0.05) is 11.6 Å². The number of aryl methyl sites for hydroxylation is 1. The van der Waals surface area contributed by atoms with Crippen LogP contribution in [0.3, 0.4) is 0 Å². The predicted molar refractivity (Wildman–Crippen MR) is 62.7 cm³/mol. The highest BCUT2D eigenvalue weighted by atomic mass is 35.5. The maximum atomic E-state index is 11.7. The zero-order chi connectivity index (χ0) is 11.0. The molecule has 0 atom stereocenters. The van der Waals surface area contributed by atoms with Crippen molar-refractivity contribution in [1.82, 2.24) is 0 Å². The molecule has 80 valence electrons. The van der Waals surface area contributed by atoms with Gasteiger partial charge in [-0.1, -0.05) is 11.6 Å². The summed E-state index contributed by atoms with van der Waals surface area (Å²) in [5, 5.41) is 3.78. The van der Waals surface area contributed by atoms with Crippen molar-refractivity contribution in [2.75, 3.05) is 23.3 Å². The largest absolute Gasteiger partial charge is 0.374 e. The first-order valence-electron chi connectivity index (χ1n) is 4.98. The quantitative estimate of drug-likeness (QED) is 0.795. The summed E-state index contributed by atoms with van der Waals surface area (Å²) in [5.41, 5.74) is 2.93. The van der Waals surface area contributed by atoms with Crippen molar-refractivity contribution < 1.29 is 4.79 Å². The van der Waals surface area contributed by atoms with Crippen LogP contribution in [-0.2, 0) is 4.79 Å². The van der Waals surface area contributed by atoms with Gasteiger partial charge >= 0.3 is 0 Å². The van der Waals surface area contributed by atoms with Crippen LogP contribution in [0.15, 0.2) is 12.1 Å². The van der Waals surface area contributed by atoms with E-state index in [0.29, 0.717) is 18.1 Å². The molecule has 0 saturated heterocycles. The Morgan fingerprint density at radius 3 is 2.93 bits per heavy atom. The molecule has 1 heterocycles. The fraction of sp³-hybridized carbons (Fsp3) is 0.364. The third-order valence-corrected chi connectivity index (χ3v) is 2.80. The normalized spacial score (nSPS) is 14.9. The number of halogens is 1. The molecule has 4 heteroatoms. The molecule has 0 aromatic heterocycles. The van der Waals surface area contributed by atoms with Crippen LogP contribution >= 0.6 is 11.6 Å². The van der Waals surface area contributed by atoms with Gasteiger partial charge < -0.3 is 10.2 Å². The highest BCUT2D eigenvalue weighted by Gasteiger charge is 2.24. The third-order valence-electron chi connectivity index (χ3n) is 2.58. The van der Waals surface area contributed by atoms with E-state index in [1.165, 1.54) is 0 Å². The van der Waals surface area contributed by atoms with Crippen LogP contribution in [0.5, 0.6) is 0 Å². The van der Waals surface area contributed by atoms with Gasteiger partial charge in [0.25, 0.3) is 0 Å². The van der Waals surface area contributed by atoms with Gasteiger partial charge in [-0.05, 0) is 31.5 Å². The number of nitrogens with one attached hydrogen (secondary N) is 1. The molecular weight excluding hydrogens is 212 g/mol. The summed E-state index contributed by atoms with van der Waals surface area (Å²) in [7, 11) is 0. The average molecular weight is 225 g/mol. The Bertz CT molecular complexity index is 417. The molecular formula is C11H13ClN2O. The molecule has 0 radical (unpaired) electrons. The SMILES string of the molecule is CCN1C(=O)CNc2cc(Cl)cc(C)c21. The second kappa shape index (κ2) is 3.74. The summed E-state index contributed by atoms with van der Waals surface area (Å²) in [6, 6.07) is 3.74. The van der Waals surface area contributed by atoms with E-state index in [4.69, 9.17) is 11.6 Å². The summed E-state index contributed by atoms with van der Waals surface area (Å²) in [4.78, 5) is 13.4. The minimum atomic E-state index is 0.107. The number of rotatable bonds is 1. The van der Waals surface area contributed by atoms with Gasteiger partial charge in [0.2, 0.25) is 5.91 Å². The molecule has 1 amide bonds. The Balaban J connectivity index is 2.57. The number of benzene rings is 1. The van der Waals surface area contributed by atoms with E-state index in [2.05, 4.69) is 5.32 Å². The molecule has 1 aliphatic rings. The van der Waals surface area contributed by atoms with Crippen molar-refractivity contribution in [3.8, 4) is 0 Å². The van der Waals surface area contributed by atoms with Crippen LogP contribution in [0.1, 0.15) is 12.5 Å². The number of nitrogens with zero attached hydrogens (tertiary/aromatic N) is 1. The van der Waals surface area contributed by atoms with Gasteiger partial charge in [-0.25, -0.2) is 0 Å². The number of hydrogen-bond acceptors (Lipinski definition) is 2. The number of fused-ring (bicyclic) bond motifs is 1. The Morgan fingerprint density at radius 2 is 2.27 bits per heavy atom.